The zero-order chi connectivity index (χ0) is 13.0. The maximum Gasteiger partial charge on any atom is 0.220 e. The molecule has 1 heterocycles. The SMILES string of the molecule is CC(C)C1CCCC(NCC2CCC(=O)N2)CC1. The number of nitrogens with one attached hydrogen (secondary N) is 2. The number of hydrogen-bond donors (Lipinski definition) is 2. The van der Waals surface area contributed by atoms with E-state index >= 15 is 0 Å². The molecule has 0 radical (unpaired) electrons. The molecule has 3 heteroatoms. The van der Waals surface area contributed by atoms with Crippen molar-refractivity contribution in [2.75, 3.05) is 6.54 Å². The van der Waals surface area contributed by atoms with Crippen molar-refractivity contribution in [2.45, 2.75) is 70.9 Å². The zero-order valence-electron chi connectivity index (χ0n) is 11.9. The summed E-state index contributed by atoms with van der Waals surface area (Å²) in [5, 5.41) is 6.70. The van der Waals surface area contributed by atoms with E-state index in [4.69, 9.17) is 0 Å². The van der Waals surface area contributed by atoms with Crippen molar-refractivity contribution in [3.8, 4) is 0 Å². The van der Waals surface area contributed by atoms with Crippen LogP contribution in [-0.4, -0.2) is 24.5 Å². The Morgan fingerprint density at radius 1 is 1.22 bits per heavy atom. The maximum atomic E-state index is 11.1. The Kier molecular flexibility index (Phi) is 5.04. The molecule has 0 aromatic rings. The van der Waals surface area contributed by atoms with Gasteiger partial charge < -0.3 is 10.6 Å². The highest BCUT2D eigenvalue weighted by atomic mass is 16.1. The minimum Gasteiger partial charge on any atom is -0.352 e. The third-order valence-electron chi connectivity index (χ3n) is 4.69. The van der Waals surface area contributed by atoms with Gasteiger partial charge in [-0.05, 0) is 37.5 Å². The summed E-state index contributed by atoms with van der Waals surface area (Å²) in [6, 6.07) is 1.05. The molecule has 2 aliphatic rings. The van der Waals surface area contributed by atoms with Crippen LogP contribution >= 0.6 is 0 Å². The molecule has 18 heavy (non-hydrogen) atoms. The fourth-order valence-electron chi connectivity index (χ4n) is 3.34. The Bertz CT molecular complexity index is 278. The molecule has 3 nitrogen and oxygen atoms in total. The highest BCUT2D eigenvalue weighted by Gasteiger charge is 2.24. The van der Waals surface area contributed by atoms with Gasteiger partial charge in [-0.25, -0.2) is 0 Å². The minimum atomic E-state index is 0.225. The predicted octanol–water partition coefficient (Wildman–Crippen LogP) is 2.46. The molecule has 2 rings (SSSR count). The molecule has 0 bridgehead atoms. The Labute approximate surface area is 111 Å². The first-order valence-corrected chi connectivity index (χ1v) is 7.68. The molecular weight excluding hydrogens is 224 g/mol. The van der Waals surface area contributed by atoms with Crippen LogP contribution in [0.4, 0.5) is 0 Å². The largest absolute Gasteiger partial charge is 0.352 e. The second kappa shape index (κ2) is 6.55. The van der Waals surface area contributed by atoms with Gasteiger partial charge in [0, 0.05) is 25.0 Å². The zero-order valence-corrected chi connectivity index (χ0v) is 11.9. The fraction of sp³-hybridized carbons (Fsp3) is 0.933. The Hall–Kier alpha value is -0.570. The molecule has 1 aliphatic heterocycles. The van der Waals surface area contributed by atoms with Crippen LogP contribution in [0, 0.1) is 11.8 Å². The van der Waals surface area contributed by atoms with Crippen LogP contribution in [0.3, 0.4) is 0 Å². The topological polar surface area (TPSA) is 41.1 Å². The standard InChI is InChI=1S/C15H28N2O/c1-11(2)12-4-3-5-13(7-6-12)16-10-14-8-9-15(18)17-14/h11-14,16H,3-10H2,1-2H3,(H,17,18). The lowest BCUT2D eigenvalue weighted by atomic mass is 9.89. The summed E-state index contributed by atoms with van der Waals surface area (Å²) in [5.74, 6) is 1.98. The highest BCUT2D eigenvalue weighted by Crippen LogP contribution is 2.28. The molecular formula is C15H28N2O. The van der Waals surface area contributed by atoms with Crippen LogP contribution in [0.25, 0.3) is 0 Å². The molecule has 2 fully saturated rings. The average molecular weight is 252 g/mol. The normalized spacial score (nSPS) is 33.5. The molecule has 1 amide bonds. The summed E-state index contributed by atoms with van der Waals surface area (Å²) >= 11 is 0. The van der Waals surface area contributed by atoms with Crippen LogP contribution in [-0.2, 0) is 4.79 Å². The quantitative estimate of drug-likeness (QED) is 0.755. The number of hydrogen-bond acceptors (Lipinski definition) is 2. The second-order valence-electron chi connectivity index (χ2n) is 6.42. The summed E-state index contributed by atoms with van der Waals surface area (Å²) in [6.45, 7) is 5.67. The number of carbonyl (C=O) groups is 1. The van der Waals surface area contributed by atoms with Gasteiger partial charge in [-0.2, -0.15) is 0 Å². The Morgan fingerprint density at radius 2 is 2.06 bits per heavy atom. The smallest absolute Gasteiger partial charge is 0.220 e. The van der Waals surface area contributed by atoms with Gasteiger partial charge in [0.1, 0.15) is 0 Å². The van der Waals surface area contributed by atoms with Gasteiger partial charge in [0.25, 0.3) is 0 Å². The molecule has 1 saturated carbocycles. The van der Waals surface area contributed by atoms with Crippen LogP contribution in [0.15, 0.2) is 0 Å². The first-order valence-electron chi connectivity index (χ1n) is 7.68. The van der Waals surface area contributed by atoms with E-state index < -0.39 is 0 Å². The van der Waals surface area contributed by atoms with Gasteiger partial charge >= 0.3 is 0 Å². The molecule has 104 valence electrons. The van der Waals surface area contributed by atoms with E-state index in [2.05, 4.69) is 24.5 Å². The molecule has 2 N–H and O–H groups in total. The summed E-state index contributed by atoms with van der Waals surface area (Å²) in [7, 11) is 0. The second-order valence-corrected chi connectivity index (χ2v) is 6.42. The number of carbonyl (C=O) groups excluding carboxylic acids is 1. The van der Waals surface area contributed by atoms with E-state index in [9.17, 15) is 4.79 Å². The third kappa shape index (κ3) is 3.98. The summed E-state index contributed by atoms with van der Waals surface area (Å²) in [6.07, 6.45) is 8.47. The fourth-order valence-corrected chi connectivity index (χ4v) is 3.34. The van der Waals surface area contributed by atoms with Crippen LogP contribution < -0.4 is 10.6 Å². The molecule has 1 saturated heterocycles. The summed E-state index contributed by atoms with van der Waals surface area (Å²) in [5.41, 5.74) is 0. The van der Waals surface area contributed by atoms with Gasteiger partial charge in [0.2, 0.25) is 5.91 Å². The molecule has 3 atom stereocenters. The first-order chi connectivity index (χ1) is 8.65. The van der Waals surface area contributed by atoms with Crippen molar-refractivity contribution in [1.82, 2.24) is 10.6 Å². The monoisotopic (exact) mass is 252 g/mol. The Morgan fingerprint density at radius 3 is 2.72 bits per heavy atom. The van der Waals surface area contributed by atoms with Gasteiger partial charge in [-0.1, -0.05) is 26.7 Å². The highest BCUT2D eigenvalue weighted by molar-refractivity contribution is 5.78. The van der Waals surface area contributed by atoms with Gasteiger partial charge in [0.15, 0.2) is 0 Å². The molecule has 0 aromatic heterocycles. The van der Waals surface area contributed by atoms with E-state index in [-0.39, 0.29) is 5.91 Å². The van der Waals surface area contributed by atoms with Crippen LogP contribution in [0.5, 0.6) is 0 Å². The van der Waals surface area contributed by atoms with Crippen molar-refractivity contribution in [3.63, 3.8) is 0 Å². The molecule has 0 spiro atoms. The van der Waals surface area contributed by atoms with Crippen molar-refractivity contribution in [1.29, 1.82) is 0 Å². The van der Waals surface area contributed by atoms with Crippen molar-refractivity contribution in [3.05, 3.63) is 0 Å². The van der Waals surface area contributed by atoms with Gasteiger partial charge in [0.05, 0.1) is 0 Å². The van der Waals surface area contributed by atoms with Crippen LogP contribution in [0.2, 0.25) is 0 Å². The third-order valence-corrected chi connectivity index (χ3v) is 4.69. The lowest BCUT2D eigenvalue weighted by molar-refractivity contribution is -0.119. The van der Waals surface area contributed by atoms with Crippen LogP contribution in [0.1, 0.15) is 58.8 Å². The number of rotatable bonds is 4. The maximum absolute atomic E-state index is 11.1. The molecule has 3 unspecified atom stereocenters. The minimum absolute atomic E-state index is 0.225. The van der Waals surface area contributed by atoms with Crippen molar-refractivity contribution < 1.29 is 4.79 Å². The van der Waals surface area contributed by atoms with E-state index in [0.717, 1.165) is 24.8 Å². The predicted molar refractivity (Wildman–Crippen MR) is 74.4 cm³/mol. The van der Waals surface area contributed by atoms with E-state index in [1.165, 1.54) is 32.1 Å². The molecule has 0 aromatic carbocycles. The lowest BCUT2D eigenvalue weighted by Crippen LogP contribution is -2.40. The van der Waals surface area contributed by atoms with E-state index in [0.29, 0.717) is 18.5 Å². The van der Waals surface area contributed by atoms with Crippen molar-refractivity contribution >= 4 is 5.91 Å². The van der Waals surface area contributed by atoms with E-state index in [1.54, 1.807) is 0 Å². The van der Waals surface area contributed by atoms with Crippen molar-refractivity contribution in [2.24, 2.45) is 11.8 Å². The number of amides is 1. The Balaban J connectivity index is 1.69. The lowest BCUT2D eigenvalue weighted by Gasteiger charge is -2.20. The summed E-state index contributed by atoms with van der Waals surface area (Å²) in [4.78, 5) is 11.1. The van der Waals surface area contributed by atoms with Gasteiger partial charge in [-0.3, -0.25) is 4.79 Å². The molecule has 1 aliphatic carbocycles. The van der Waals surface area contributed by atoms with Gasteiger partial charge in [-0.15, -0.1) is 0 Å². The average Bonchev–Trinajstić information content (AvgIpc) is 2.62. The van der Waals surface area contributed by atoms with E-state index in [1.807, 2.05) is 0 Å². The first kappa shape index (κ1) is 13.9. The summed E-state index contributed by atoms with van der Waals surface area (Å²) < 4.78 is 0.